The van der Waals surface area contributed by atoms with Gasteiger partial charge < -0.3 is 9.47 Å². The van der Waals surface area contributed by atoms with E-state index in [1.165, 1.54) is 24.0 Å². The minimum absolute atomic E-state index is 0.412. The van der Waals surface area contributed by atoms with Crippen LogP contribution in [0, 0.1) is 17.8 Å². The van der Waals surface area contributed by atoms with Crippen LogP contribution in [0.3, 0.4) is 0 Å². The molecular formula is C22H26N2O2. The number of benzene rings is 1. The molecule has 0 amide bonds. The second-order valence-corrected chi connectivity index (χ2v) is 7.99. The Morgan fingerprint density at radius 3 is 2.88 bits per heavy atom. The Balaban J connectivity index is 1.38. The monoisotopic (exact) mass is 350 g/mol. The molecule has 3 aliphatic rings. The zero-order valence-electron chi connectivity index (χ0n) is 15.1. The fraction of sp³-hybridized carbons (Fsp3) is 0.500. The smallest absolute Gasteiger partial charge is 0.124 e. The molecule has 1 saturated carbocycles. The Bertz CT molecular complexity index is 747. The molecular weight excluding hydrogens is 324 g/mol. The summed E-state index contributed by atoms with van der Waals surface area (Å²) in [5, 5.41) is 0. The van der Waals surface area contributed by atoms with Crippen molar-refractivity contribution in [2.75, 3.05) is 26.4 Å². The number of ether oxygens (including phenoxy) is 2. The molecule has 0 unspecified atom stereocenters. The predicted octanol–water partition coefficient (Wildman–Crippen LogP) is 3.69. The minimum Gasteiger partial charge on any atom is -0.493 e. The molecule has 0 spiro atoms. The first-order valence-corrected chi connectivity index (χ1v) is 9.81. The lowest BCUT2D eigenvalue weighted by atomic mass is 9.85. The number of para-hydroxylation sites is 1. The van der Waals surface area contributed by atoms with Gasteiger partial charge >= 0.3 is 0 Å². The second-order valence-electron chi connectivity index (χ2n) is 7.99. The van der Waals surface area contributed by atoms with E-state index in [0.717, 1.165) is 44.6 Å². The Hall–Kier alpha value is -1.91. The molecule has 0 radical (unpaired) electrons. The van der Waals surface area contributed by atoms with Crippen molar-refractivity contribution < 1.29 is 9.47 Å². The van der Waals surface area contributed by atoms with Crippen molar-refractivity contribution in [2.45, 2.75) is 25.4 Å². The number of fused-ring (bicyclic) bond motifs is 3. The summed E-state index contributed by atoms with van der Waals surface area (Å²) < 4.78 is 12.2. The van der Waals surface area contributed by atoms with E-state index < -0.39 is 0 Å². The maximum atomic E-state index is 6.11. The SMILES string of the molecule is c1cncc(CN2C[C@@H](COCC3CC3)[C@@H]3COc4ccccc4[C@@H]32)c1. The standard InChI is InChI=1S/C22H26N2O2/c1-2-6-21-19(5-1)22-20(15-26-21)18(14-25-13-16-7-8-16)12-24(22)11-17-4-3-9-23-10-17/h1-6,9-10,16,18,20,22H,7-8,11-15H2/t18-,20-,22-/m0/s1. The summed E-state index contributed by atoms with van der Waals surface area (Å²) in [7, 11) is 0. The van der Waals surface area contributed by atoms with Crippen LogP contribution in [0.5, 0.6) is 5.75 Å². The highest BCUT2D eigenvalue weighted by Gasteiger charge is 2.46. The fourth-order valence-electron chi connectivity index (χ4n) is 4.51. The molecule has 1 aliphatic carbocycles. The third-order valence-corrected chi connectivity index (χ3v) is 6.03. The van der Waals surface area contributed by atoms with Crippen LogP contribution in [-0.2, 0) is 11.3 Å². The summed E-state index contributed by atoms with van der Waals surface area (Å²) >= 11 is 0. The third-order valence-electron chi connectivity index (χ3n) is 6.03. The van der Waals surface area contributed by atoms with Crippen molar-refractivity contribution in [3.8, 4) is 5.75 Å². The lowest BCUT2D eigenvalue weighted by Crippen LogP contribution is -2.32. The van der Waals surface area contributed by atoms with E-state index in [-0.39, 0.29) is 0 Å². The van der Waals surface area contributed by atoms with Gasteiger partial charge in [-0.2, -0.15) is 0 Å². The summed E-state index contributed by atoms with van der Waals surface area (Å²) in [6.07, 6.45) is 6.52. The molecule has 1 aromatic heterocycles. The number of likely N-dealkylation sites (tertiary alicyclic amines) is 1. The highest BCUT2D eigenvalue weighted by molar-refractivity contribution is 5.39. The lowest BCUT2D eigenvalue weighted by molar-refractivity contribution is 0.0641. The van der Waals surface area contributed by atoms with Gasteiger partial charge in [-0.25, -0.2) is 0 Å². The zero-order valence-corrected chi connectivity index (χ0v) is 15.1. The van der Waals surface area contributed by atoms with Gasteiger partial charge in [-0.05, 0) is 36.5 Å². The predicted molar refractivity (Wildman–Crippen MR) is 99.8 cm³/mol. The van der Waals surface area contributed by atoms with E-state index in [0.29, 0.717) is 17.9 Å². The lowest BCUT2D eigenvalue weighted by Gasteiger charge is -2.34. The molecule has 2 fully saturated rings. The summed E-state index contributed by atoms with van der Waals surface area (Å²) in [6.45, 7) is 4.58. The molecule has 3 heterocycles. The molecule has 0 N–H and O–H groups in total. The van der Waals surface area contributed by atoms with E-state index >= 15 is 0 Å². The van der Waals surface area contributed by atoms with Crippen LogP contribution < -0.4 is 4.74 Å². The highest BCUT2D eigenvalue weighted by Crippen LogP contribution is 2.47. The second kappa shape index (κ2) is 7.01. The van der Waals surface area contributed by atoms with Gasteiger partial charge in [-0.15, -0.1) is 0 Å². The average Bonchev–Trinajstić information content (AvgIpc) is 3.44. The van der Waals surface area contributed by atoms with Gasteiger partial charge in [0.25, 0.3) is 0 Å². The van der Waals surface area contributed by atoms with Gasteiger partial charge in [-0.1, -0.05) is 24.3 Å². The van der Waals surface area contributed by atoms with Crippen molar-refractivity contribution in [1.82, 2.24) is 9.88 Å². The molecule has 2 aliphatic heterocycles. The van der Waals surface area contributed by atoms with E-state index in [2.05, 4.69) is 40.2 Å². The van der Waals surface area contributed by atoms with Gasteiger partial charge in [0.15, 0.2) is 0 Å². The number of aromatic nitrogens is 1. The molecule has 1 saturated heterocycles. The minimum atomic E-state index is 0.412. The number of hydrogen-bond donors (Lipinski definition) is 0. The van der Waals surface area contributed by atoms with Crippen LogP contribution in [-0.4, -0.2) is 36.2 Å². The van der Waals surface area contributed by atoms with Crippen LogP contribution in [0.2, 0.25) is 0 Å². The summed E-state index contributed by atoms with van der Waals surface area (Å²) in [6, 6.07) is 13.1. The molecule has 4 heteroatoms. The normalized spacial score (nSPS) is 27.6. The molecule has 5 rings (SSSR count). The Labute approximate surface area is 155 Å². The third kappa shape index (κ3) is 3.24. The van der Waals surface area contributed by atoms with Crippen molar-refractivity contribution in [1.29, 1.82) is 0 Å². The first-order chi connectivity index (χ1) is 12.9. The number of rotatable bonds is 6. The molecule has 3 atom stereocenters. The number of hydrogen-bond acceptors (Lipinski definition) is 4. The van der Waals surface area contributed by atoms with E-state index in [4.69, 9.17) is 9.47 Å². The van der Waals surface area contributed by atoms with Crippen LogP contribution in [0.4, 0.5) is 0 Å². The maximum absolute atomic E-state index is 6.11. The Morgan fingerprint density at radius 2 is 2.04 bits per heavy atom. The van der Waals surface area contributed by atoms with Crippen LogP contribution in [0.15, 0.2) is 48.8 Å². The van der Waals surface area contributed by atoms with Crippen LogP contribution in [0.1, 0.15) is 30.0 Å². The quantitative estimate of drug-likeness (QED) is 0.796. The highest BCUT2D eigenvalue weighted by atomic mass is 16.5. The number of pyridine rings is 1. The van der Waals surface area contributed by atoms with Gasteiger partial charge in [0.1, 0.15) is 5.75 Å². The first-order valence-electron chi connectivity index (χ1n) is 9.81. The van der Waals surface area contributed by atoms with Gasteiger partial charge in [0.2, 0.25) is 0 Å². The van der Waals surface area contributed by atoms with Crippen molar-refractivity contribution in [2.24, 2.45) is 17.8 Å². The van der Waals surface area contributed by atoms with Crippen LogP contribution >= 0.6 is 0 Å². The van der Waals surface area contributed by atoms with Crippen LogP contribution in [0.25, 0.3) is 0 Å². The van der Waals surface area contributed by atoms with Crippen molar-refractivity contribution >= 4 is 0 Å². The largest absolute Gasteiger partial charge is 0.493 e. The average molecular weight is 350 g/mol. The molecule has 2 aromatic rings. The van der Waals surface area contributed by atoms with E-state index in [1.807, 2.05) is 18.5 Å². The summed E-state index contributed by atoms with van der Waals surface area (Å²) in [4.78, 5) is 6.90. The topological polar surface area (TPSA) is 34.6 Å². The first kappa shape index (κ1) is 16.3. The fourth-order valence-corrected chi connectivity index (χ4v) is 4.51. The summed E-state index contributed by atoms with van der Waals surface area (Å²) in [5.74, 6) is 2.90. The summed E-state index contributed by atoms with van der Waals surface area (Å²) in [5.41, 5.74) is 2.60. The van der Waals surface area contributed by atoms with E-state index in [9.17, 15) is 0 Å². The number of nitrogens with zero attached hydrogens (tertiary/aromatic N) is 2. The maximum Gasteiger partial charge on any atom is 0.124 e. The molecule has 136 valence electrons. The van der Waals surface area contributed by atoms with Crippen molar-refractivity contribution in [3.05, 3.63) is 59.9 Å². The van der Waals surface area contributed by atoms with Gasteiger partial charge in [0.05, 0.1) is 13.2 Å². The molecule has 26 heavy (non-hydrogen) atoms. The Kier molecular flexibility index (Phi) is 4.39. The van der Waals surface area contributed by atoms with Crippen molar-refractivity contribution in [3.63, 3.8) is 0 Å². The van der Waals surface area contributed by atoms with Gasteiger partial charge in [-0.3, -0.25) is 9.88 Å². The van der Waals surface area contributed by atoms with Gasteiger partial charge in [0, 0.05) is 55.5 Å². The molecule has 0 bridgehead atoms. The van der Waals surface area contributed by atoms with E-state index in [1.54, 1.807) is 0 Å². The molecule has 1 aromatic carbocycles. The molecule has 4 nitrogen and oxygen atoms in total. The Morgan fingerprint density at radius 1 is 1.12 bits per heavy atom. The zero-order chi connectivity index (χ0) is 17.3.